The van der Waals surface area contributed by atoms with E-state index in [1.807, 2.05) is 13.0 Å². The van der Waals surface area contributed by atoms with Gasteiger partial charge in [-0.05, 0) is 43.2 Å². The summed E-state index contributed by atoms with van der Waals surface area (Å²) in [4.78, 5) is 11.5. The average Bonchev–Trinajstić information content (AvgIpc) is 2.90. The molecule has 0 radical (unpaired) electrons. The molecule has 116 valence electrons. The van der Waals surface area contributed by atoms with Crippen molar-refractivity contribution in [3.05, 3.63) is 23.3 Å². The molecule has 1 atom stereocenters. The summed E-state index contributed by atoms with van der Waals surface area (Å²) in [5.74, 6) is 2.23. The van der Waals surface area contributed by atoms with Gasteiger partial charge in [0.05, 0.1) is 14.2 Å². The average molecular weight is 291 g/mol. The van der Waals surface area contributed by atoms with E-state index in [1.54, 1.807) is 14.2 Å². The van der Waals surface area contributed by atoms with E-state index in [9.17, 15) is 4.79 Å². The van der Waals surface area contributed by atoms with E-state index >= 15 is 0 Å². The summed E-state index contributed by atoms with van der Waals surface area (Å²) in [6.45, 7) is 2.74. The fourth-order valence-corrected chi connectivity index (χ4v) is 3.12. The zero-order chi connectivity index (χ0) is 15.2. The van der Waals surface area contributed by atoms with Gasteiger partial charge in [0.15, 0.2) is 11.5 Å². The summed E-state index contributed by atoms with van der Waals surface area (Å²) in [5, 5.41) is 3.00. The number of nitrogens with one attached hydrogen (secondary N) is 1. The lowest BCUT2D eigenvalue weighted by molar-refractivity contribution is -0.121. The zero-order valence-electron chi connectivity index (χ0n) is 13.2. The molecule has 1 aromatic rings. The number of methoxy groups -OCH3 is 2. The summed E-state index contributed by atoms with van der Waals surface area (Å²) >= 11 is 0. The van der Waals surface area contributed by atoms with Crippen molar-refractivity contribution in [3.63, 3.8) is 0 Å². The third kappa shape index (κ3) is 3.49. The van der Waals surface area contributed by atoms with Crippen molar-refractivity contribution in [2.45, 2.75) is 44.9 Å². The van der Waals surface area contributed by atoms with Gasteiger partial charge in [-0.3, -0.25) is 4.79 Å². The van der Waals surface area contributed by atoms with Crippen molar-refractivity contribution >= 4 is 5.91 Å². The minimum atomic E-state index is 0.147. The minimum Gasteiger partial charge on any atom is -0.493 e. The standard InChI is InChI=1S/C17H25NO3/c1-4-5-15(19)18-11-10-13-7-6-12-8-9-14(20-2)17(21-3)16(12)13/h8-9,13H,4-7,10-11H2,1-3H3,(H,18,19). The maximum absolute atomic E-state index is 11.5. The Hall–Kier alpha value is -1.71. The molecule has 1 aliphatic carbocycles. The quantitative estimate of drug-likeness (QED) is 0.840. The molecule has 0 saturated carbocycles. The Balaban J connectivity index is 2.05. The van der Waals surface area contributed by atoms with Crippen molar-refractivity contribution in [2.24, 2.45) is 0 Å². The number of hydrogen-bond acceptors (Lipinski definition) is 3. The van der Waals surface area contributed by atoms with Gasteiger partial charge in [-0.15, -0.1) is 0 Å². The molecule has 1 aliphatic rings. The molecule has 21 heavy (non-hydrogen) atoms. The van der Waals surface area contributed by atoms with Crippen LogP contribution < -0.4 is 14.8 Å². The Kier molecular flexibility index (Phi) is 5.48. The lowest BCUT2D eigenvalue weighted by Crippen LogP contribution is -2.24. The number of rotatable bonds is 7. The fraction of sp³-hybridized carbons (Fsp3) is 0.588. The van der Waals surface area contributed by atoms with Crippen LogP contribution in [0.3, 0.4) is 0 Å². The smallest absolute Gasteiger partial charge is 0.219 e. The normalized spacial score (nSPS) is 16.4. The van der Waals surface area contributed by atoms with E-state index in [0.717, 1.165) is 43.7 Å². The number of amides is 1. The van der Waals surface area contributed by atoms with Crippen LogP contribution in [-0.2, 0) is 11.2 Å². The molecule has 0 fully saturated rings. The lowest BCUT2D eigenvalue weighted by Gasteiger charge is -2.17. The van der Waals surface area contributed by atoms with Crippen molar-refractivity contribution in [1.82, 2.24) is 5.32 Å². The van der Waals surface area contributed by atoms with Crippen molar-refractivity contribution in [3.8, 4) is 11.5 Å². The molecular formula is C17H25NO3. The number of fused-ring (bicyclic) bond motifs is 1. The molecule has 0 aromatic heterocycles. The molecule has 0 saturated heterocycles. The monoisotopic (exact) mass is 291 g/mol. The van der Waals surface area contributed by atoms with Crippen LogP contribution in [0.2, 0.25) is 0 Å². The molecule has 1 amide bonds. The molecule has 0 heterocycles. The SMILES string of the molecule is CCCC(=O)NCCC1CCc2ccc(OC)c(OC)c21. The van der Waals surface area contributed by atoms with Crippen LogP contribution in [0.4, 0.5) is 0 Å². The predicted molar refractivity (Wildman–Crippen MR) is 83.1 cm³/mol. The summed E-state index contributed by atoms with van der Waals surface area (Å²) < 4.78 is 11.0. The highest BCUT2D eigenvalue weighted by Crippen LogP contribution is 2.45. The van der Waals surface area contributed by atoms with Gasteiger partial charge in [-0.25, -0.2) is 0 Å². The Morgan fingerprint density at radius 1 is 1.33 bits per heavy atom. The van der Waals surface area contributed by atoms with Gasteiger partial charge in [-0.2, -0.15) is 0 Å². The van der Waals surface area contributed by atoms with Crippen molar-refractivity contribution in [1.29, 1.82) is 0 Å². The maximum Gasteiger partial charge on any atom is 0.219 e. The third-order valence-electron chi connectivity index (χ3n) is 4.14. The second kappa shape index (κ2) is 7.34. The second-order valence-corrected chi connectivity index (χ2v) is 5.50. The fourth-order valence-electron chi connectivity index (χ4n) is 3.12. The van der Waals surface area contributed by atoms with Gasteiger partial charge in [0.1, 0.15) is 0 Å². The highest BCUT2D eigenvalue weighted by molar-refractivity contribution is 5.75. The molecule has 1 unspecified atom stereocenters. The highest BCUT2D eigenvalue weighted by atomic mass is 16.5. The summed E-state index contributed by atoms with van der Waals surface area (Å²) in [6, 6.07) is 4.11. The van der Waals surface area contributed by atoms with E-state index in [2.05, 4.69) is 11.4 Å². The Labute approximate surface area is 126 Å². The largest absolute Gasteiger partial charge is 0.493 e. The van der Waals surface area contributed by atoms with Crippen molar-refractivity contribution in [2.75, 3.05) is 20.8 Å². The van der Waals surface area contributed by atoms with Gasteiger partial charge in [0.2, 0.25) is 5.91 Å². The Morgan fingerprint density at radius 3 is 2.81 bits per heavy atom. The van der Waals surface area contributed by atoms with Crippen LogP contribution in [0.1, 0.15) is 49.7 Å². The van der Waals surface area contributed by atoms with Crippen LogP contribution in [0.15, 0.2) is 12.1 Å². The van der Waals surface area contributed by atoms with Crippen LogP contribution in [0.5, 0.6) is 11.5 Å². The maximum atomic E-state index is 11.5. The predicted octanol–water partition coefficient (Wildman–Crippen LogP) is 3.04. The van der Waals surface area contributed by atoms with E-state index in [4.69, 9.17) is 9.47 Å². The molecule has 0 spiro atoms. The first-order valence-electron chi connectivity index (χ1n) is 7.71. The highest BCUT2D eigenvalue weighted by Gasteiger charge is 2.28. The zero-order valence-corrected chi connectivity index (χ0v) is 13.2. The molecule has 2 rings (SSSR count). The number of ether oxygens (including phenoxy) is 2. The number of benzene rings is 1. The topological polar surface area (TPSA) is 47.6 Å². The first-order chi connectivity index (χ1) is 10.2. The first-order valence-corrected chi connectivity index (χ1v) is 7.71. The number of carbonyl (C=O) groups excluding carboxylic acids is 1. The third-order valence-corrected chi connectivity index (χ3v) is 4.14. The number of aryl methyl sites for hydroxylation is 1. The van der Waals surface area contributed by atoms with Crippen LogP contribution in [0.25, 0.3) is 0 Å². The van der Waals surface area contributed by atoms with Gasteiger partial charge in [0.25, 0.3) is 0 Å². The number of carbonyl (C=O) groups is 1. The van der Waals surface area contributed by atoms with Crippen LogP contribution >= 0.6 is 0 Å². The van der Waals surface area contributed by atoms with Gasteiger partial charge >= 0.3 is 0 Å². The Bertz CT molecular complexity index is 499. The van der Waals surface area contributed by atoms with Crippen molar-refractivity contribution < 1.29 is 14.3 Å². The van der Waals surface area contributed by atoms with Gasteiger partial charge < -0.3 is 14.8 Å². The van der Waals surface area contributed by atoms with E-state index in [0.29, 0.717) is 12.3 Å². The summed E-state index contributed by atoms with van der Waals surface area (Å²) in [6.07, 6.45) is 4.64. The van der Waals surface area contributed by atoms with Crippen LogP contribution in [-0.4, -0.2) is 26.7 Å². The minimum absolute atomic E-state index is 0.147. The Morgan fingerprint density at radius 2 is 2.14 bits per heavy atom. The molecule has 0 bridgehead atoms. The summed E-state index contributed by atoms with van der Waals surface area (Å²) in [7, 11) is 3.36. The molecular weight excluding hydrogens is 266 g/mol. The molecule has 4 heteroatoms. The summed E-state index contributed by atoms with van der Waals surface area (Å²) in [5.41, 5.74) is 2.61. The molecule has 1 N–H and O–H groups in total. The van der Waals surface area contributed by atoms with Crippen LogP contribution in [0, 0.1) is 0 Å². The van der Waals surface area contributed by atoms with E-state index < -0.39 is 0 Å². The van der Waals surface area contributed by atoms with E-state index in [-0.39, 0.29) is 5.91 Å². The molecule has 1 aromatic carbocycles. The second-order valence-electron chi connectivity index (χ2n) is 5.50. The van der Waals surface area contributed by atoms with Gasteiger partial charge in [0, 0.05) is 18.5 Å². The lowest BCUT2D eigenvalue weighted by atomic mass is 9.96. The van der Waals surface area contributed by atoms with E-state index in [1.165, 1.54) is 11.1 Å². The number of hydrogen-bond donors (Lipinski definition) is 1. The van der Waals surface area contributed by atoms with Gasteiger partial charge in [-0.1, -0.05) is 13.0 Å². The molecule has 4 nitrogen and oxygen atoms in total. The molecule has 0 aliphatic heterocycles. The first kappa shape index (κ1) is 15.7.